The van der Waals surface area contributed by atoms with Gasteiger partial charge in [-0.1, -0.05) is 60.7 Å². The van der Waals surface area contributed by atoms with Gasteiger partial charge >= 0.3 is 35.7 Å². The van der Waals surface area contributed by atoms with E-state index in [1.54, 1.807) is 12.1 Å². The molecule has 2 aromatic carbocycles. The van der Waals surface area contributed by atoms with Gasteiger partial charge < -0.3 is 24.7 Å². The van der Waals surface area contributed by atoms with Gasteiger partial charge in [0.25, 0.3) is 0 Å². The fraction of sp³-hybridized carbons (Fsp3) is 0.286. The van der Waals surface area contributed by atoms with Crippen molar-refractivity contribution in [2.24, 2.45) is 4.99 Å². The second-order valence-electron chi connectivity index (χ2n) is 6.33. The molecule has 0 fully saturated rings. The molecule has 0 saturated heterocycles. The van der Waals surface area contributed by atoms with Gasteiger partial charge in [0.1, 0.15) is 12.6 Å². The summed E-state index contributed by atoms with van der Waals surface area (Å²) in [7, 11) is 0. The quantitative estimate of drug-likeness (QED) is 0.449. The standard InChI is InChI=1S/C21H22N2O5.Na/c24-20(25)19-18(16-10-5-2-6-11-16)23-17(28-19)12-7-13-22-21(26)27-14-15-8-3-1-4-9-15;/h1-6,8-11,18-19H,7,12-14H2,(H,22,26)(H,24,25);/q;+1/p-1/t18-,19+;/m0./s1. The first-order chi connectivity index (χ1) is 13.6. The van der Waals surface area contributed by atoms with Crippen molar-refractivity contribution >= 4 is 18.0 Å². The van der Waals surface area contributed by atoms with Crippen LogP contribution in [-0.4, -0.2) is 30.6 Å². The van der Waals surface area contributed by atoms with E-state index < -0.39 is 24.2 Å². The zero-order valence-corrected chi connectivity index (χ0v) is 18.2. The maximum Gasteiger partial charge on any atom is 1.00 e. The van der Waals surface area contributed by atoms with Crippen molar-refractivity contribution in [1.29, 1.82) is 0 Å². The Morgan fingerprint density at radius 3 is 2.38 bits per heavy atom. The smallest absolute Gasteiger partial charge is 0.546 e. The van der Waals surface area contributed by atoms with E-state index in [4.69, 9.17) is 9.47 Å². The van der Waals surface area contributed by atoms with E-state index in [1.165, 1.54) is 0 Å². The van der Waals surface area contributed by atoms with Gasteiger partial charge in [-0.3, -0.25) is 0 Å². The van der Waals surface area contributed by atoms with Gasteiger partial charge in [-0.25, -0.2) is 9.79 Å². The monoisotopic (exact) mass is 404 g/mol. The number of alkyl carbamates (subject to hydrolysis) is 1. The van der Waals surface area contributed by atoms with Crippen LogP contribution in [0.3, 0.4) is 0 Å². The summed E-state index contributed by atoms with van der Waals surface area (Å²) in [6.45, 7) is 0.566. The molecule has 0 aliphatic carbocycles. The molecule has 0 unspecified atom stereocenters. The summed E-state index contributed by atoms with van der Waals surface area (Å²) in [4.78, 5) is 27.4. The average molecular weight is 404 g/mol. The minimum Gasteiger partial charge on any atom is -0.546 e. The molecule has 1 heterocycles. The third-order valence-electron chi connectivity index (χ3n) is 4.26. The van der Waals surface area contributed by atoms with Crippen molar-refractivity contribution in [3.63, 3.8) is 0 Å². The molecule has 1 N–H and O–H groups in total. The van der Waals surface area contributed by atoms with E-state index in [-0.39, 0.29) is 36.2 Å². The van der Waals surface area contributed by atoms with Gasteiger partial charge in [0.05, 0.1) is 5.97 Å². The van der Waals surface area contributed by atoms with Crippen molar-refractivity contribution in [1.82, 2.24) is 5.32 Å². The summed E-state index contributed by atoms with van der Waals surface area (Å²) < 4.78 is 10.6. The SMILES string of the molecule is O=C(NCCCC1=N[C@@H](c2ccccc2)[C@H](C(=O)[O-])O1)OCc1ccccc1.[Na+]. The molecule has 0 aromatic heterocycles. The Kier molecular flexibility index (Phi) is 9.18. The molecule has 7 nitrogen and oxygen atoms in total. The number of aliphatic carboxylic acids is 1. The fourth-order valence-corrected chi connectivity index (χ4v) is 2.87. The number of amides is 1. The molecule has 1 aliphatic heterocycles. The summed E-state index contributed by atoms with van der Waals surface area (Å²) in [5.74, 6) is -0.947. The van der Waals surface area contributed by atoms with Crippen molar-refractivity contribution in [2.45, 2.75) is 31.6 Å². The maximum absolute atomic E-state index is 11.7. The van der Waals surface area contributed by atoms with Crippen molar-refractivity contribution < 1.29 is 53.7 Å². The van der Waals surface area contributed by atoms with Gasteiger partial charge in [-0.05, 0) is 17.5 Å². The van der Waals surface area contributed by atoms with Gasteiger partial charge in [-0.2, -0.15) is 0 Å². The molecule has 0 saturated carbocycles. The molecule has 8 heteroatoms. The van der Waals surface area contributed by atoms with Crippen LogP contribution in [0.2, 0.25) is 0 Å². The molecular weight excluding hydrogens is 383 g/mol. The van der Waals surface area contributed by atoms with E-state index >= 15 is 0 Å². The van der Waals surface area contributed by atoms with Gasteiger partial charge in [0.2, 0.25) is 0 Å². The Balaban J connectivity index is 0.00000300. The van der Waals surface area contributed by atoms with E-state index in [1.807, 2.05) is 48.5 Å². The van der Waals surface area contributed by atoms with Gasteiger partial charge in [-0.15, -0.1) is 0 Å². The van der Waals surface area contributed by atoms with Gasteiger partial charge in [0, 0.05) is 13.0 Å². The number of ether oxygens (including phenoxy) is 2. The first-order valence-electron chi connectivity index (χ1n) is 9.07. The van der Waals surface area contributed by atoms with Crippen molar-refractivity contribution in [3.05, 3.63) is 71.8 Å². The van der Waals surface area contributed by atoms with E-state index in [2.05, 4.69) is 10.3 Å². The van der Waals surface area contributed by atoms with Gasteiger partial charge in [0.15, 0.2) is 12.0 Å². The molecule has 2 atom stereocenters. The van der Waals surface area contributed by atoms with Crippen LogP contribution in [-0.2, 0) is 20.9 Å². The number of hydrogen-bond donors (Lipinski definition) is 1. The number of nitrogens with zero attached hydrogens (tertiary/aromatic N) is 1. The number of nitrogens with one attached hydrogen (secondary N) is 1. The van der Waals surface area contributed by atoms with Crippen LogP contribution in [0, 0.1) is 0 Å². The first-order valence-corrected chi connectivity index (χ1v) is 9.07. The number of aliphatic imine (C=N–C) groups is 1. The molecule has 29 heavy (non-hydrogen) atoms. The number of rotatable bonds is 8. The summed E-state index contributed by atoms with van der Waals surface area (Å²) in [5, 5.41) is 14.0. The van der Waals surface area contributed by atoms with Crippen LogP contribution >= 0.6 is 0 Å². The summed E-state index contributed by atoms with van der Waals surface area (Å²) in [6.07, 6.45) is -0.693. The maximum atomic E-state index is 11.7. The average Bonchev–Trinajstić information content (AvgIpc) is 3.16. The van der Waals surface area contributed by atoms with E-state index in [9.17, 15) is 14.7 Å². The van der Waals surface area contributed by atoms with Crippen LogP contribution < -0.4 is 40.0 Å². The Morgan fingerprint density at radius 2 is 1.72 bits per heavy atom. The number of carboxylic acid groups (broad SMARTS) is 1. The topological polar surface area (TPSA) is 100 Å². The van der Waals surface area contributed by atoms with Crippen LogP contribution in [0.1, 0.15) is 30.0 Å². The van der Waals surface area contributed by atoms with Crippen molar-refractivity contribution in [3.8, 4) is 0 Å². The van der Waals surface area contributed by atoms with Crippen LogP contribution in [0.4, 0.5) is 4.79 Å². The zero-order chi connectivity index (χ0) is 19.8. The normalized spacial score (nSPS) is 17.4. The molecule has 0 bridgehead atoms. The second kappa shape index (κ2) is 11.6. The first kappa shape index (κ1) is 22.9. The Hall–Kier alpha value is -2.35. The molecule has 1 aliphatic rings. The molecular formula is C21H21N2NaO5. The van der Waals surface area contributed by atoms with Crippen LogP contribution in [0.15, 0.2) is 65.7 Å². The largest absolute Gasteiger partial charge is 1.00 e. The Bertz CT molecular complexity index is 829. The summed E-state index contributed by atoms with van der Waals surface area (Å²) in [5.41, 5.74) is 1.67. The third kappa shape index (κ3) is 6.88. The number of benzene rings is 2. The zero-order valence-electron chi connectivity index (χ0n) is 16.2. The number of carbonyl (C=O) groups excluding carboxylic acids is 2. The summed E-state index contributed by atoms with van der Waals surface area (Å²) in [6, 6.07) is 17.9. The second-order valence-corrected chi connectivity index (χ2v) is 6.33. The molecule has 3 rings (SSSR count). The minimum absolute atomic E-state index is 0. The molecule has 1 amide bonds. The molecule has 0 radical (unpaired) electrons. The molecule has 0 spiro atoms. The van der Waals surface area contributed by atoms with Crippen LogP contribution in [0.25, 0.3) is 0 Å². The number of hydrogen-bond acceptors (Lipinski definition) is 6. The fourth-order valence-electron chi connectivity index (χ4n) is 2.87. The third-order valence-corrected chi connectivity index (χ3v) is 4.26. The predicted molar refractivity (Wildman–Crippen MR) is 100 cm³/mol. The predicted octanol–water partition coefficient (Wildman–Crippen LogP) is -1.01. The van der Waals surface area contributed by atoms with Crippen molar-refractivity contribution in [2.75, 3.05) is 6.54 Å². The Labute approximate surface area is 191 Å². The molecule has 2 aromatic rings. The number of carboxylic acids is 1. The number of carbonyl (C=O) groups is 2. The Morgan fingerprint density at radius 1 is 1.07 bits per heavy atom. The van der Waals surface area contributed by atoms with Crippen LogP contribution in [0.5, 0.6) is 0 Å². The molecule has 146 valence electrons. The summed E-state index contributed by atoms with van der Waals surface area (Å²) >= 11 is 0. The minimum atomic E-state index is -1.30. The van der Waals surface area contributed by atoms with E-state index in [0.717, 1.165) is 11.1 Å². The van der Waals surface area contributed by atoms with E-state index in [0.29, 0.717) is 25.3 Å².